The van der Waals surface area contributed by atoms with E-state index in [1.54, 1.807) is 23.4 Å². The third kappa shape index (κ3) is 4.25. The van der Waals surface area contributed by atoms with Crippen molar-refractivity contribution >= 4 is 17.4 Å². The number of hydrogen-bond donors (Lipinski definition) is 0. The molecule has 5 rings (SSSR count). The smallest absolute Gasteiger partial charge is 0.267 e. The van der Waals surface area contributed by atoms with Gasteiger partial charge in [-0.2, -0.15) is 15.3 Å². The van der Waals surface area contributed by atoms with Gasteiger partial charge in [-0.15, -0.1) is 0 Å². The van der Waals surface area contributed by atoms with E-state index in [0.717, 1.165) is 60.5 Å². The second-order valence-corrected chi connectivity index (χ2v) is 9.57. The summed E-state index contributed by atoms with van der Waals surface area (Å²) in [5.74, 6) is 0.623. The fourth-order valence-electron chi connectivity index (χ4n) is 4.69. The molecular weight excluding hydrogens is 416 g/mol. The van der Waals surface area contributed by atoms with Crippen LogP contribution in [0.25, 0.3) is 11.1 Å². The Balaban J connectivity index is 1.36. The molecule has 1 amide bonds. The molecule has 33 heavy (non-hydrogen) atoms. The van der Waals surface area contributed by atoms with E-state index >= 15 is 0 Å². The first-order valence-corrected chi connectivity index (χ1v) is 11.4. The molecular formula is C25H28N6O2. The first-order chi connectivity index (χ1) is 15.9. The summed E-state index contributed by atoms with van der Waals surface area (Å²) < 4.78 is 1.30. The summed E-state index contributed by atoms with van der Waals surface area (Å²) in [6.45, 7) is 6.87. The molecule has 0 unspecified atom stereocenters. The molecule has 0 spiro atoms. The second-order valence-electron chi connectivity index (χ2n) is 9.57. The van der Waals surface area contributed by atoms with Crippen molar-refractivity contribution in [1.29, 1.82) is 0 Å². The molecule has 1 aromatic carbocycles. The van der Waals surface area contributed by atoms with Gasteiger partial charge in [0.05, 0.1) is 12.4 Å². The number of anilines is 2. The zero-order chi connectivity index (χ0) is 23.0. The van der Waals surface area contributed by atoms with Crippen molar-refractivity contribution < 1.29 is 4.79 Å². The van der Waals surface area contributed by atoms with Crippen LogP contribution in [0.15, 0.2) is 53.6 Å². The predicted octanol–water partition coefficient (Wildman–Crippen LogP) is 2.92. The highest BCUT2D eigenvalue weighted by molar-refractivity contribution is 5.96. The topological polar surface area (TPSA) is 84.2 Å². The number of benzene rings is 1. The van der Waals surface area contributed by atoms with Crippen molar-refractivity contribution in [3.05, 3.63) is 64.7 Å². The zero-order valence-electron chi connectivity index (χ0n) is 19.1. The van der Waals surface area contributed by atoms with Crippen molar-refractivity contribution in [2.75, 3.05) is 29.4 Å². The molecule has 0 atom stereocenters. The Hall–Kier alpha value is -3.55. The fourth-order valence-corrected chi connectivity index (χ4v) is 4.69. The number of piperidine rings is 1. The third-order valence-electron chi connectivity index (χ3n) is 6.80. The van der Waals surface area contributed by atoms with Crippen LogP contribution in [0, 0.1) is 5.41 Å². The normalized spacial score (nSPS) is 17.2. The molecule has 8 nitrogen and oxygen atoms in total. The Kier molecular flexibility index (Phi) is 5.44. The van der Waals surface area contributed by atoms with E-state index in [4.69, 9.17) is 0 Å². The van der Waals surface area contributed by atoms with Crippen molar-refractivity contribution in [2.24, 2.45) is 5.41 Å². The summed E-state index contributed by atoms with van der Waals surface area (Å²) in [6.07, 6.45) is 6.31. The maximum absolute atomic E-state index is 13.2. The zero-order valence-corrected chi connectivity index (χ0v) is 19.1. The molecule has 2 aliphatic rings. The second kappa shape index (κ2) is 8.42. The first-order valence-electron chi connectivity index (χ1n) is 11.4. The summed E-state index contributed by atoms with van der Waals surface area (Å²) >= 11 is 0. The van der Waals surface area contributed by atoms with Gasteiger partial charge in [-0.1, -0.05) is 26.0 Å². The van der Waals surface area contributed by atoms with Crippen molar-refractivity contribution in [3.63, 3.8) is 0 Å². The van der Waals surface area contributed by atoms with E-state index in [-0.39, 0.29) is 18.0 Å². The number of carbonyl (C=O) groups is 1. The van der Waals surface area contributed by atoms with Crippen LogP contribution in [0.2, 0.25) is 0 Å². The van der Waals surface area contributed by atoms with Crippen LogP contribution in [-0.4, -0.2) is 45.5 Å². The van der Waals surface area contributed by atoms with E-state index < -0.39 is 0 Å². The number of carbonyl (C=O) groups excluding carboxylic acids is 1. The lowest BCUT2D eigenvalue weighted by molar-refractivity contribution is -0.119. The largest absolute Gasteiger partial charge is 0.355 e. The van der Waals surface area contributed by atoms with Crippen LogP contribution < -0.4 is 15.4 Å². The number of hydrogen-bond acceptors (Lipinski definition) is 6. The SMILES string of the molecule is CC1(C)CCN(c2ccc(=O)n(CC(=O)N3CCc4c(-c5ccnnc5)cccc43)n2)CC1. The van der Waals surface area contributed by atoms with Crippen LogP contribution in [0.4, 0.5) is 11.5 Å². The molecule has 170 valence electrons. The van der Waals surface area contributed by atoms with Gasteiger partial charge < -0.3 is 9.80 Å². The van der Waals surface area contributed by atoms with Crippen LogP contribution >= 0.6 is 0 Å². The fraction of sp³-hybridized carbons (Fsp3) is 0.400. The highest BCUT2D eigenvalue weighted by Crippen LogP contribution is 2.36. The van der Waals surface area contributed by atoms with Gasteiger partial charge in [0.2, 0.25) is 5.91 Å². The van der Waals surface area contributed by atoms with Gasteiger partial charge in [0.1, 0.15) is 12.4 Å². The maximum Gasteiger partial charge on any atom is 0.267 e. The highest BCUT2D eigenvalue weighted by Gasteiger charge is 2.29. The highest BCUT2D eigenvalue weighted by atomic mass is 16.2. The van der Waals surface area contributed by atoms with Crippen LogP contribution in [0.3, 0.4) is 0 Å². The molecule has 3 aromatic rings. The molecule has 2 aromatic heterocycles. The summed E-state index contributed by atoms with van der Waals surface area (Å²) in [7, 11) is 0. The lowest BCUT2D eigenvalue weighted by Crippen LogP contribution is -2.40. The van der Waals surface area contributed by atoms with Gasteiger partial charge in [-0.05, 0) is 54.0 Å². The Morgan fingerprint density at radius 3 is 2.61 bits per heavy atom. The number of nitrogens with zero attached hydrogens (tertiary/aromatic N) is 6. The molecule has 8 heteroatoms. The van der Waals surface area contributed by atoms with Gasteiger partial charge in [0.25, 0.3) is 5.56 Å². The van der Waals surface area contributed by atoms with Crippen LogP contribution in [-0.2, 0) is 17.8 Å². The van der Waals surface area contributed by atoms with E-state index in [9.17, 15) is 9.59 Å². The van der Waals surface area contributed by atoms with E-state index in [1.807, 2.05) is 24.3 Å². The minimum atomic E-state index is -0.263. The molecule has 0 aliphatic carbocycles. The predicted molar refractivity (Wildman–Crippen MR) is 127 cm³/mol. The minimum Gasteiger partial charge on any atom is -0.355 e. The monoisotopic (exact) mass is 444 g/mol. The van der Waals surface area contributed by atoms with E-state index in [0.29, 0.717) is 12.0 Å². The average Bonchev–Trinajstić information content (AvgIpc) is 3.26. The van der Waals surface area contributed by atoms with Crippen molar-refractivity contribution in [2.45, 2.75) is 39.7 Å². The number of rotatable bonds is 4. The number of aromatic nitrogens is 4. The average molecular weight is 445 g/mol. The molecule has 4 heterocycles. The van der Waals surface area contributed by atoms with Crippen molar-refractivity contribution in [1.82, 2.24) is 20.0 Å². The van der Waals surface area contributed by atoms with Gasteiger partial charge in [0.15, 0.2) is 0 Å². The third-order valence-corrected chi connectivity index (χ3v) is 6.80. The lowest BCUT2D eigenvalue weighted by atomic mass is 9.83. The maximum atomic E-state index is 13.2. The molecule has 1 saturated heterocycles. The molecule has 2 aliphatic heterocycles. The van der Waals surface area contributed by atoms with E-state index in [1.165, 1.54) is 10.7 Å². The summed E-state index contributed by atoms with van der Waals surface area (Å²) in [6, 6.07) is 11.1. The van der Waals surface area contributed by atoms with Gasteiger partial charge in [-0.25, -0.2) is 4.68 Å². The van der Waals surface area contributed by atoms with Crippen molar-refractivity contribution in [3.8, 4) is 11.1 Å². The van der Waals surface area contributed by atoms with Crippen LogP contribution in [0.5, 0.6) is 0 Å². The van der Waals surface area contributed by atoms with Gasteiger partial charge in [0, 0.05) is 37.0 Å². The molecule has 1 fully saturated rings. The molecule has 0 radical (unpaired) electrons. The Morgan fingerprint density at radius 2 is 1.85 bits per heavy atom. The Bertz CT molecular complexity index is 1230. The standard InChI is InChI=1S/C25H28N6O2/c1-25(2)10-14-29(15-11-25)22-6-7-23(32)31(28-22)17-24(33)30-13-9-20-19(4-3-5-21(20)30)18-8-12-26-27-16-18/h3-8,12,16H,9-11,13-15,17H2,1-2H3. The van der Waals surface area contributed by atoms with Gasteiger partial charge >= 0.3 is 0 Å². The van der Waals surface area contributed by atoms with E-state index in [2.05, 4.69) is 34.0 Å². The summed E-state index contributed by atoms with van der Waals surface area (Å²) in [4.78, 5) is 29.7. The minimum absolute atomic E-state index is 0.0769. The summed E-state index contributed by atoms with van der Waals surface area (Å²) in [5.41, 5.74) is 4.10. The lowest BCUT2D eigenvalue weighted by Gasteiger charge is -2.37. The summed E-state index contributed by atoms with van der Waals surface area (Å²) in [5, 5.41) is 12.4. The van der Waals surface area contributed by atoms with Gasteiger partial charge in [-0.3, -0.25) is 9.59 Å². The molecule has 0 N–H and O–H groups in total. The Morgan fingerprint density at radius 1 is 1.03 bits per heavy atom. The quantitative estimate of drug-likeness (QED) is 0.615. The first kappa shape index (κ1) is 21.3. The Labute approximate surface area is 192 Å². The number of fused-ring (bicyclic) bond motifs is 1. The molecule has 0 saturated carbocycles. The number of amides is 1. The molecule has 0 bridgehead atoms. The van der Waals surface area contributed by atoms with Crippen LogP contribution in [0.1, 0.15) is 32.3 Å².